The molecule has 1 aliphatic rings. The van der Waals surface area contributed by atoms with Gasteiger partial charge in [-0.25, -0.2) is 0 Å². The van der Waals surface area contributed by atoms with Crippen molar-refractivity contribution in [2.45, 2.75) is 18.8 Å². The van der Waals surface area contributed by atoms with Crippen LogP contribution in [0.15, 0.2) is 29.8 Å². The fourth-order valence-corrected chi connectivity index (χ4v) is 2.65. The summed E-state index contributed by atoms with van der Waals surface area (Å²) in [5.74, 6) is 0. The zero-order valence-electron chi connectivity index (χ0n) is 10.7. The first-order chi connectivity index (χ1) is 10.1. The Morgan fingerprint density at radius 2 is 1.45 bits per heavy atom. The van der Waals surface area contributed by atoms with Gasteiger partial charge in [-0.2, -0.15) is 36.9 Å². The van der Waals surface area contributed by atoms with E-state index < -0.39 is 35.3 Å². The van der Waals surface area contributed by atoms with Crippen molar-refractivity contribution in [2.24, 2.45) is 5.41 Å². The summed E-state index contributed by atoms with van der Waals surface area (Å²) in [6.45, 7) is 0. The van der Waals surface area contributed by atoms with E-state index in [4.69, 9.17) is 10.5 Å². The summed E-state index contributed by atoms with van der Waals surface area (Å²) in [5.41, 5.74) is -7.30. The Morgan fingerprint density at radius 3 is 1.91 bits per heavy atom. The molecule has 22 heavy (non-hydrogen) atoms. The van der Waals surface area contributed by atoms with Gasteiger partial charge in [-0.3, -0.25) is 0 Å². The van der Waals surface area contributed by atoms with Crippen LogP contribution in [0.1, 0.15) is 11.1 Å². The lowest BCUT2D eigenvalue weighted by Crippen LogP contribution is -2.50. The molecule has 1 aromatic rings. The van der Waals surface area contributed by atoms with Crippen molar-refractivity contribution in [1.82, 2.24) is 0 Å². The molecule has 0 spiro atoms. The Balaban J connectivity index is 2.97. The summed E-state index contributed by atoms with van der Waals surface area (Å²) in [4.78, 5) is 0. The summed E-state index contributed by atoms with van der Waals surface area (Å²) >= 11 is 0. The van der Waals surface area contributed by atoms with Crippen molar-refractivity contribution in [3.63, 3.8) is 0 Å². The van der Waals surface area contributed by atoms with Crippen molar-refractivity contribution >= 4 is 5.57 Å². The fraction of sp³-hybridized carbons (Fsp3) is 0.286. The van der Waals surface area contributed by atoms with Crippen molar-refractivity contribution < 1.29 is 26.3 Å². The molecular weight excluding hydrogens is 310 g/mol. The Labute approximate surface area is 120 Å². The van der Waals surface area contributed by atoms with Crippen LogP contribution in [0.25, 0.3) is 5.57 Å². The first kappa shape index (κ1) is 15.9. The van der Waals surface area contributed by atoms with Crippen LogP contribution in [0.2, 0.25) is 0 Å². The molecule has 0 fully saturated rings. The van der Waals surface area contributed by atoms with Gasteiger partial charge in [0, 0.05) is 12.0 Å². The molecule has 0 saturated carbocycles. The van der Waals surface area contributed by atoms with Crippen molar-refractivity contribution in [2.75, 3.05) is 0 Å². The lowest BCUT2D eigenvalue weighted by Gasteiger charge is -2.35. The van der Waals surface area contributed by atoms with Crippen molar-refractivity contribution in [3.8, 4) is 12.1 Å². The number of allylic oxidation sites excluding steroid dienone is 2. The van der Waals surface area contributed by atoms with Gasteiger partial charge in [0.1, 0.15) is 17.7 Å². The highest BCUT2D eigenvalue weighted by Gasteiger charge is 2.75. The number of halogens is 6. The molecule has 1 aromatic carbocycles. The predicted octanol–water partition coefficient (Wildman–Crippen LogP) is 4.15. The number of nitrogens with zero attached hydrogens (tertiary/aromatic N) is 2. The van der Waals surface area contributed by atoms with Crippen molar-refractivity contribution in [1.29, 1.82) is 10.5 Å². The molecule has 0 amide bonds. The maximum Gasteiger partial charge on any atom is 0.407 e. The van der Waals surface area contributed by atoms with Crippen LogP contribution < -0.4 is 0 Å². The minimum absolute atomic E-state index is 0.199. The smallest absolute Gasteiger partial charge is 0.192 e. The topological polar surface area (TPSA) is 47.6 Å². The van der Waals surface area contributed by atoms with Crippen LogP contribution in [0, 0.1) is 28.1 Å². The Bertz CT molecular complexity index is 697. The molecule has 0 N–H and O–H groups in total. The standard InChI is InChI=1S/C14H6F6N2/c15-13(16,17)12(14(18,19)20)5-8-3-1-2-4-10(8)11(12)9(6-21)7-22/h1-4H,5H2. The van der Waals surface area contributed by atoms with Crippen LogP contribution in [-0.2, 0) is 6.42 Å². The van der Waals surface area contributed by atoms with Gasteiger partial charge < -0.3 is 0 Å². The number of benzene rings is 1. The van der Waals surface area contributed by atoms with Gasteiger partial charge in [0.05, 0.1) is 0 Å². The maximum absolute atomic E-state index is 13.4. The van der Waals surface area contributed by atoms with E-state index in [1.807, 2.05) is 0 Å². The van der Waals surface area contributed by atoms with Gasteiger partial charge in [-0.15, -0.1) is 0 Å². The van der Waals surface area contributed by atoms with E-state index >= 15 is 0 Å². The highest BCUT2D eigenvalue weighted by molar-refractivity contribution is 5.85. The monoisotopic (exact) mass is 316 g/mol. The maximum atomic E-state index is 13.4. The summed E-state index contributed by atoms with van der Waals surface area (Å²) in [7, 11) is 0. The van der Waals surface area contributed by atoms with Crippen LogP contribution in [0.4, 0.5) is 26.3 Å². The van der Waals surface area contributed by atoms with Crippen LogP contribution in [0.3, 0.4) is 0 Å². The molecule has 0 saturated heterocycles. The van der Waals surface area contributed by atoms with Gasteiger partial charge in [-0.05, 0) is 11.1 Å². The quantitative estimate of drug-likeness (QED) is 0.533. The third-order valence-corrected chi connectivity index (χ3v) is 3.61. The Kier molecular flexibility index (Phi) is 3.45. The summed E-state index contributed by atoms with van der Waals surface area (Å²) < 4.78 is 80.3. The molecule has 0 unspecified atom stereocenters. The molecule has 114 valence electrons. The Morgan fingerprint density at radius 1 is 0.955 bits per heavy atom. The average molecular weight is 316 g/mol. The molecule has 8 heteroatoms. The lowest BCUT2D eigenvalue weighted by molar-refractivity contribution is -0.314. The lowest BCUT2D eigenvalue weighted by atomic mass is 9.77. The fourth-order valence-electron chi connectivity index (χ4n) is 2.65. The van der Waals surface area contributed by atoms with E-state index in [2.05, 4.69) is 0 Å². The number of alkyl halides is 6. The van der Waals surface area contributed by atoms with Gasteiger partial charge in [0.25, 0.3) is 0 Å². The molecular formula is C14H6F6N2. The van der Waals surface area contributed by atoms with Crippen LogP contribution >= 0.6 is 0 Å². The molecule has 0 atom stereocenters. The number of nitriles is 2. The van der Waals surface area contributed by atoms with E-state index in [0.717, 1.165) is 24.3 Å². The minimum Gasteiger partial charge on any atom is -0.192 e. The first-order valence-corrected chi connectivity index (χ1v) is 5.87. The van der Waals surface area contributed by atoms with Crippen LogP contribution in [-0.4, -0.2) is 12.4 Å². The number of rotatable bonds is 0. The number of fused-ring (bicyclic) bond motifs is 1. The largest absolute Gasteiger partial charge is 0.407 e. The molecule has 0 aromatic heterocycles. The molecule has 0 radical (unpaired) electrons. The first-order valence-electron chi connectivity index (χ1n) is 5.87. The predicted molar refractivity (Wildman–Crippen MR) is 62.8 cm³/mol. The van der Waals surface area contributed by atoms with E-state index in [1.54, 1.807) is 0 Å². The summed E-state index contributed by atoms with van der Waals surface area (Å²) in [6, 6.07) is 7.05. The normalized spacial score (nSPS) is 16.6. The zero-order valence-corrected chi connectivity index (χ0v) is 10.7. The molecule has 1 aliphatic carbocycles. The highest BCUT2D eigenvalue weighted by Crippen LogP contribution is 2.64. The molecule has 0 bridgehead atoms. The van der Waals surface area contributed by atoms with Crippen molar-refractivity contribution in [3.05, 3.63) is 41.0 Å². The van der Waals surface area contributed by atoms with E-state index in [-0.39, 0.29) is 11.1 Å². The van der Waals surface area contributed by atoms with Gasteiger partial charge in [0.2, 0.25) is 0 Å². The third kappa shape index (κ3) is 1.95. The van der Waals surface area contributed by atoms with E-state index in [9.17, 15) is 26.3 Å². The molecule has 2 nitrogen and oxygen atoms in total. The van der Waals surface area contributed by atoms with Gasteiger partial charge in [0.15, 0.2) is 5.41 Å². The second-order valence-electron chi connectivity index (χ2n) is 4.71. The zero-order chi connectivity index (χ0) is 16.8. The van der Waals surface area contributed by atoms with Crippen LogP contribution in [0.5, 0.6) is 0 Å². The molecule has 0 aliphatic heterocycles. The SMILES string of the molecule is N#CC(C#N)=C1c2ccccc2CC1(C(F)(F)F)C(F)(F)F. The number of hydrogen-bond donors (Lipinski definition) is 0. The molecule has 2 rings (SSSR count). The average Bonchev–Trinajstić information content (AvgIpc) is 2.76. The van der Waals surface area contributed by atoms with E-state index in [0.29, 0.717) is 0 Å². The molecule has 0 heterocycles. The minimum atomic E-state index is -5.70. The second-order valence-corrected chi connectivity index (χ2v) is 4.71. The number of hydrogen-bond acceptors (Lipinski definition) is 2. The summed E-state index contributed by atoms with van der Waals surface area (Å²) in [6.07, 6.45) is -12.8. The summed E-state index contributed by atoms with van der Waals surface area (Å²) in [5, 5.41) is 17.6. The third-order valence-electron chi connectivity index (χ3n) is 3.61. The second kappa shape index (κ2) is 4.77. The highest BCUT2D eigenvalue weighted by atomic mass is 19.4. The van der Waals surface area contributed by atoms with Gasteiger partial charge >= 0.3 is 12.4 Å². The Hall–Kier alpha value is -2.48. The van der Waals surface area contributed by atoms with E-state index in [1.165, 1.54) is 12.1 Å². The van der Waals surface area contributed by atoms with Gasteiger partial charge in [-0.1, -0.05) is 24.3 Å².